The molecule has 0 bridgehead atoms. The molecule has 1 aliphatic heterocycles. The quantitative estimate of drug-likeness (QED) is 0.604. The van der Waals surface area contributed by atoms with Crippen molar-refractivity contribution >= 4 is 46.8 Å². The van der Waals surface area contributed by atoms with Crippen molar-refractivity contribution in [2.75, 3.05) is 23.4 Å². The first-order valence-corrected chi connectivity index (χ1v) is 9.28. The van der Waals surface area contributed by atoms with Crippen molar-refractivity contribution in [2.24, 2.45) is 0 Å². The fourth-order valence-electron chi connectivity index (χ4n) is 2.54. The van der Waals surface area contributed by atoms with Crippen LogP contribution in [0.2, 0.25) is 5.02 Å². The van der Waals surface area contributed by atoms with E-state index < -0.39 is 5.82 Å². The second-order valence-corrected chi connectivity index (χ2v) is 7.04. The molecule has 26 heavy (non-hydrogen) atoms. The fourth-order valence-corrected chi connectivity index (χ4v) is 3.47. The number of fused-ring (bicyclic) bond motifs is 1. The molecule has 0 spiro atoms. The molecule has 1 N–H and O–H groups in total. The number of anilines is 1. The van der Waals surface area contributed by atoms with E-state index in [2.05, 4.69) is 5.32 Å². The lowest BCUT2D eigenvalue weighted by molar-refractivity contribution is -0.113. The molecule has 0 fully saturated rings. The number of carbonyl (C=O) groups excluding carboxylic acids is 3. The minimum absolute atomic E-state index is 0.120. The Kier molecular flexibility index (Phi) is 5.58. The third-order valence-electron chi connectivity index (χ3n) is 3.78. The zero-order chi connectivity index (χ0) is 18.7. The summed E-state index contributed by atoms with van der Waals surface area (Å²) in [6.45, 7) is 0.224. The van der Waals surface area contributed by atoms with Gasteiger partial charge >= 0.3 is 0 Å². The van der Waals surface area contributed by atoms with E-state index >= 15 is 0 Å². The molecule has 0 saturated carbocycles. The maximum Gasteiger partial charge on any atom is 0.261 e. The van der Waals surface area contributed by atoms with Gasteiger partial charge in [-0.05, 0) is 30.3 Å². The van der Waals surface area contributed by atoms with Crippen LogP contribution in [-0.4, -0.2) is 40.7 Å². The van der Waals surface area contributed by atoms with Gasteiger partial charge in [-0.2, -0.15) is 11.8 Å². The molecule has 0 aliphatic carbocycles. The third-order valence-corrected chi connectivity index (χ3v) is 5.03. The lowest BCUT2D eigenvalue weighted by Gasteiger charge is -2.13. The SMILES string of the molecule is O=C(CSCCN1C(=O)c2ccccc2C1=O)Nc1ccc(F)cc1Cl. The zero-order valence-electron chi connectivity index (χ0n) is 13.5. The highest BCUT2D eigenvalue weighted by atomic mass is 35.5. The van der Waals surface area contributed by atoms with Crippen LogP contribution in [0.4, 0.5) is 10.1 Å². The Morgan fingerprint density at radius 3 is 2.38 bits per heavy atom. The van der Waals surface area contributed by atoms with Crippen LogP contribution in [-0.2, 0) is 4.79 Å². The Morgan fingerprint density at radius 1 is 1.12 bits per heavy atom. The summed E-state index contributed by atoms with van der Waals surface area (Å²) in [5.74, 6) is -0.857. The number of amides is 3. The summed E-state index contributed by atoms with van der Waals surface area (Å²) in [7, 11) is 0. The topological polar surface area (TPSA) is 66.5 Å². The maximum absolute atomic E-state index is 13.0. The van der Waals surface area contributed by atoms with Gasteiger partial charge in [-0.15, -0.1) is 0 Å². The standard InChI is InChI=1S/C18H14ClFN2O3S/c19-14-9-11(20)5-6-15(14)21-16(23)10-26-8-7-22-17(24)12-3-1-2-4-13(12)18(22)25/h1-6,9H,7-8,10H2,(H,21,23). The molecule has 0 unspecified atom stereocenters. The Morgan fingerprint density at radius 2 is 1.77 bits per heavy atom. The molecule has 0 atom stereocenters. The number of nitrogens with one attached hydrogen (secondary N) is 1. The van der Waals surface area contributed by atoms with Crippen LogP contribution in [0.25, 0.3) is 0 Å². The molecule has 3 amide bonds. The van der Waals surface area contributed by atoms with E-state index in [0.29, 0.717) is 22.6 Å². The van der Waals surface area contributed by atoms with Crippen molar-refractivity contribution in [3.8, 4) is 0 Å². The van der Waals surface area contributed by atoms with Crippen molar-refractivity contribution in [1.29, 1.82) is 0 Å². The fraction of sp³-hybridized carbons (Fsp3) is 0.167. The first-order valence-electron chi connectivity index (χ1n) is 7.75. The summed E-state index contributed by atoms with van der Waals surface area (Å²) >= 11 is 7.14. The summed E-state index contributed by atoms with van der Waals surface area (Å²) < 4.78 is 13.0. The van der Waals surface area contributed by atoms with E-state index in [-0.39, 0.29) is 35.0 Å². The lowest BCUT2D eigenvalue weighted by Crippen LogP contribution is -2.32. The minimum atomic E-state index is -0.483. The highest BCUT2D eigenvalue weighted by Gasteiger charge is 2.34. The van der Waals surface area contributed by atoms with Crippen LogP contribution < -0.4 is 5.32 Å². The predicted octanol–water partition coefficient (Wildman–Crippen LogP) is 3.45. The molecular weight excluding hydrogens is 379 g/mol. The van der Waals surface area contributed by atoms with Crippen LogP contribution in [0.3, 0.4) is 0 Å². The van der Waals surface area contributed by atoms with Crippen molar-refractivity contribution in [3.05, 3.63) is 64.4 Å². The molecule has 1 heterocycles. The van der Waals surface area contributed by atoms with Gasteiger partial charge in [-0.1, -0.05) is 23.7 Å². The van der Waals surface area contributed by atoms with Gasteiger partial charge in [0.2, 0.25) is 5.91 Å². The number of carbonyl (C=O) groups is 3. The van der Waals surface area contributed by atoms with Crippen molar-refractivity contribution in [1.82, 2.24) is 4.90 Å². The van der Waals surface area contributed by atoms with Gasteiger partial charge in [-0.3, -0.25) is 19.3 Å². The number of nitrogens with zero attached hydrogens (tertiary/aromatic N) is 1. The van der Waals surface area contributed by atoms with E-state index in [9.17, 15) is 18.8 Å². The average Bonchev–Trinajstić information content (AvgIpc) is 2.86. The van der Waals surface area contributed by atoms with E-state index in [1.807, 2.05) is 0 Å². The van der Waals surface area contributed by atoms with E-state index in [1.54, 1.807) is 24.3 Å². The molecule has 0 saturated heterocycles. The molecule has 1 aliphatic rings. The highest BCUT2D eigenvalue weighted by Crippen LogP contribution is 2.24. The summed E-state index contributed by atoms with van der Waals surface area (Å²) in [5.41, 5.74) is 1.15. The molecule has 2 aromatic carbocycles. The number of hydrogen-bond donors (Lipinski definition) is 1. The number of hydrogen-bond acceptors (Lipinski definition) is 4. The summed E-state index contributed by atoms with van der Waals surface area (Å²) in [6.07, 6.45) is 0. The smallest absolute Gasteiger partial charge is 0.261 e. The van der Waals surface area contributed by atoms with Gasteiger partial charge in [0, 0.05) is 12.3 Å². The molecule has 3 rings (SSSR count). The van der Waals surface area contributed by atoms with Crippen LogP contribution in [0.5, 0.6) is 0 Å². The maximum atomic E-state index is 13.0. The van der Waals surface area contributed by atoms with Gasteiger partial charge in [0.25, 0.3) is 11.8 Å². The van der Waals surface area contributed by atoms with E-state index in [4.69, 9.17) is 11.6 Å². The van der Waals surface area contributed by atoms with Gasteiger partial charge < -0.3 is 5.32 Å². The predicted molar refractivity (Wildman–Crippen MR) is 99.2 cm³/mol. The Hall–Kier alpha value is -2.38. The Labute approximate surface area is 158 Å². The average molecular weight is 393 g/mol. The molecule has 0 aromatic heterocycles. The monoisotopic (exact) mass is 392 g/mol. The van der Waals surface area contributed by atoms with Gasteiger partial charge in [0.15, 0.2) is 0 Å². The molecule has 134 valence electrons. The second-order valence-electron chi connectivity index (χ2n) is 5.53. The van der Waals surface area contributed by atoms with Gasteiger partial charge in [0.1, 0.15) is 5.82 Å². The number of imide groups is 1. The molecule has 8 heteroatoms. The van der Waals surface area contributed by atoms with Gasteiger partial charge in [-0.25, -0.2) is 4.39 Å². The third kappa shape index (κ3) is 3.89. The summed E-state index contributed by atoms with van der Waals surface area (Å²) in [4.78, 5) is 37.5. The molecule has 0 radical (unpaired) electrons. The first kappa shape index (κ1) is 18.4. The number of thioether (sulfide) groups is 1. The number of halogens is 2. The minimum Gasteiger partial charge on any atom is -0.324 e. The zero-order valence-corrected chi connectivity index (χ0v) is 15.1. The van der Waals surface area contributed by atoms with Crippen LogP contribution in [0, 0.1) is 5.82 Å². The highest BCUT2D eigenvalue weighted by molar-refractivity contribution is 7.99. The second kappa shape index (κ2) is 7.88. The molecule has 2 aromatic rings. The van der Waals surface area contributed by atoms with E-state index in [1.165, 1.54) is 28.8 Å². The van der Waals surface area contributed by atoms with Crippen molar-refractivity contribution in [2.45, 2.75) is 0 Å². The normalized spacial score (nSPS) is 13.1. The Bertz CT molecular complexity index is 855. The van der Waals surface area contributed by atoms with Crippen LogP contribution >= 0.6 is 23.4 Å². The van der Waals surface area contributed by atoms with Gasteiger partial charge in [0.05, 0.1) is 27.6 Å². The van der Waals surface area contributed by atoms with Crippen LogP contribution in [0.1, 0.15) is 20.7 Å². The van der Waals surface area contributed by atoms with Crippen LogP contribution in [0.15, 0.2) is 42.5 Å². The lowest BCUT2D eigenvalue weighted by atomic mass is 10.1. The largest absolute Gasteiger partial charge is 0.324 e. The summed E-state index contributed by atoms with van der Waals surface area (Å²) in [6, 6.07) is 10.4. The van der Waals surface area contributed by atoms with Crippen molar-refractivity contribution in [3.63, 3.8) is 0 Å². The molecule has 5 nitrogen and oxygen atoms in total. The van der Waals surface area contributed by atoms with Crippen molar-refractivity contribution < 1.29 is 18.8 Å². The number of benzene rings is 2. The Balaban J connectivity index is 1.47. The number of rotatable bonds is 6. The first-order chi connectivity index (χ1) is 12.5. The summed E-state index contributed by atoms with van der Waals surface area (Å²) in [5, 5.41) is 2.71. The van der Waals surface area contributed by atoms with E-state index in [0.717, 1.165) is 6.07 Å². The molecular formula is C18H14ClFN2O3S.